The number of benzene rings is 1. The second-order valence-electron chi connectivity index (χ2n) is 5.58. The van der Waals surface area contributed by atoms with Crippen LogP contribution in [0, 0.1) is 13.8 Å². The Hall–Kier alpha value is -1.61. The molecule has 0 saturated carbocycles. The van der Waals surface area contributed by atoms with Gasteiger partial charge in [0.25, 0.3) is 0 Å². The monoisotopic (exact) mass is 271 g/mol. The largest absolute Gasteiger partial charge is 0.310 e. The average molecular weight is 271 g/mol. The molecule has 0 radical (unpaired) electrons. The second kappa shape index (κ2) is 6.71. The molecule has 1 aromatic heterocycles. The van der Waals surface area contributed by atoms with Crippen molar-refractivity contribution in [1.82, 2.24) is 15.1 Å². The number of nitrogens with one attached hydrogen (secondary N) is 1. The maximum atomic E-state index is 4.49. The quantitative estimate of drug-likeness (QED) is 0.870. The summed E-state index contributed by atoms with van der Waals surface area (Å²) in [6.07, 6.45) is 5.27. The molecule has 2 aromatic rings. The Morgan fingerprint density at radius 1 is 1.30 bits per heavy atom. The van der Waals surface area contributed by atoms with Crippen LogP contribution >= 0.6 is 0 Å². The van der Waals surface area contributed by atoms with Crippen LogP contribution < -0.4 is 5.32 Å². The summed E-state index contributed by atoms with van der Waals surface area (Å²) >= 11 is 0. The maximum absolute atomic E-state index is 4.49. The number of rotatable bonds is 6. The Kier molecular flexibility index (Phi) is 4.96. The summed E-state index contributed by atoms with van der Waals surface area (Å²) in [5.41, 5.74) is 5.22. The van der Waals surface area contributed by atoms with Crippen LogP contribution in [0.25, 0.3) is 0 Å². The van der Waals surface area contributed by atoms with Gasteiger partial charge in [0, 0.05) is 17.8 Å². The van der Waals surface area contributed by atoms with Gasteiger partial charge in [-0.3, -0.25) is 4.68 Å². The fraction of sp³-hybridized carbons (Fsp3) is 0.471. The minimum absolute atomic E-state index is 0.363. The van der Waals surface area contributed by atoms with Gasteiger partial charge >= 0.3 is 0 Å². The van der Waals surface area contributed by atoms with Crippen LogP contribution in [0.15, 0.2) is 30.6 Å². The average Bonchev–Trinajstić information content (AvgIpc) is 2.89. The third-order valence-electron chi connectivity index (χ3n) is 3.69. The normalized spacial score (nSPS) is 12.6. The van der Waals surface area contributed by atoms with Gasteiger partial charge in [-0.1, -0.05) is 30.7 Å². The molecule has 20 heavy (non-hydrogen) atoms. The van der Waals surface area contributed by atoms with E-state index in [2.05, 4.69) is 62.5 Å². The molecule has 0 aliphatic carbocycles. The van der Waals surface area contributed by atoms with Gasteiger partial charge in [0.2, 0.25) is 0 Å². The van der Waals surface area contributed by atoms with Gasteiger partial charge in [-0.2, -0.15) is 5.10 Å². The van der Waals surface area contributed by atoms with E-state index in [0.717, 1.165) is 19.5 Å². The van der Waals surface area contributed by atoms with E-state index in [9.17, 15) is 0 Å². The van der Waals surface area contributed by atoms with Gasteiger partial charge in [0.15, 0.2) is 0 Å². The van der Waals surface area contributed by atoms with E-state index < -0.39 is 0 Å². The lowest BCUT2D eigenvalue weighted by Gasteiger charge is -2.10. The van der Waals surface area contributed by atoms with Crippen molar-refractivity contribution in [2.24, 2.45) is 0 Å². The van der Waals surface area contributed by atoms with E-state index in [0.29, 0.717) is 6.04 Å². The molecule has 0 bridgehead atoms. The highest BCUT2D eigenvalue weighted by Crippen LogP contribution is 2.15. The summed E-state index contributed by atoms with van der Waals surface area (Å²) in [5.74, 6) is 0. The molecule has 0 fully saturated rings. The molecule has 1 unspecified atom stereocenters. The summed E-state index contributed by atoms with van der Waals surface area (Å²) < 4.78 is 2.03. The van der Waals surface area contributed by atoms with Crippen LogP contribution in [-0.4, -0.2) is 16.3 Å². The molecular weight excluding hydrogens is 246 g/mol. The van der Waals surface area contributed by atoms with Crippen LogP contribution in [-0.2, 0) is 6.54 Å². The lowest BCUT2D eigenvalue weighted by Crippen LogP contribution is -2.18. The highest BCUT2D eigenvalue weighted by atomic mass is 15.3. The fourth-order valence-electron chi connectivity index (χ4n) is 2.31. The molecule has 0 aliphatic rings. The van der Waals surface area contributed by atoms with Crippen LogP contribution in [0.1, 0.15) is 48.6 Å². The van der Waals surface area contributed by atoms with Crippen molar-refractivity contribution in [2.75, 3.05) is 6.54 Å². The zero-order valence-electron chi connectivity index (χ0n) is 13.0. The van der Waals surface area contributed by atoms with Gasteiger partial charge in [-0.25, -0.2) is 0 Å². The smallest absolute Gasteiger partial charge is 0.0662 e. The first-order chi connectivity index (χ1) is 9.60. The summed E-state index contributed by atoms with van der Waals surface area (Å²) in [4.78, 5) is 0. The summed E-state index contributed by atoms with van der Waals surface area (Å²) in [6.45, 7) is 10.6. The van der Waals surface area contributed by atoms with Crippen LogP contribution in [0.3, 0.4) is 0 Å². The Morgan fingerprint density at radius 3 is 2.85 bits per heavy atom. The summed E-state index contributed by atoms with van der Waals surface area (Å²) in [5, 5.41) is 7.98. The van der Waals surface area contributed by atoms with Crippen molar-refractivity contribution in [2.45, 2.75) is 46.7 Å². The predicted molar refractivity (Wildman–Crippen MR) is 84.0 cm³/mol. The first-order valence-electron chi connectivity index (χ1n) is 7.42. The zero-order chi connectivity index (χ0) is 14.5. The minimum atomic E-state index is 0.363. The maximum Gasteiger partial charge on any atom is 0.0662 e. The minimum Gasteiger partial charge on any atom is -0.310 e. The summed E-state index contributed by atoms with van der Waals surface area (Å²) in [7, 11) is 0. The number of nitrogens with zero attached hydrogens (tertiary/aromatic N) is 2. The molecule has 1 aromatic carbocycles. The van der Waals surface area contributed by atoms with Crippen molar-refractivity contribution < 1.29 is 0 Å². The Bertz CT molecular complexity index is 557. The van der Waals surface area contributed by atoms with E-state index >= 15 is 0 Å². The molecule has 0 spiro atoms. The van der Waals surface area contributed by atoms with Crippen LogP contribution in [0.4, 0.5) is 0 Å². The summed E-state index contributed by atoms with van der Waals surface area (Å²) in [6, 6.07) is 6.95. The number of hydrogen-bond donors (Lipinski definition) is 1. The molecule has 108 valence electrons. The van der Waals surface area contributed by atoms with Crippen molar-refractivity contribution in [3.05, 3.63) is 52.8 Å². The number of hydrogen-bond acceptors (Lipinski definition) is 2. The predicted octanol–water partition coefficient (Wildman–Crippen LogP) is 3.61. The molecule has 3 heteroatoms. The van der Waals surface area contributed by atoms with Gasteiger partial charge < -0.3 is 5.32 Å². The number of aryl methyl sites for hydroxylation is 2. The van der Waals surface area contributed by atoms with E-state index in [4.69, 9.17) is 0 Å². The molecule has 0 saturated heterocycles. The van der Waals surface area contributed by atoms with Crippen molar-refractivity contribution in [3.63, 3.8) is 0 Å². The number of aromatic nitrogens is 2. The standard InChI is InChI=1S/C17H25N3/c1-5-8-18-15(4)17-10-19-20(12-17)11-16-9-13(2)6-7-14(16)3/h6-7,9-10,12,15,18H,5,8,11H2,1-4H3. The molecule has 0 aliphatic heterocycles. The third kappa shape index (κ3) is 3.70. The Balaban J connectivity index is 2.07. The second-order valence-corrected chi connectivity index (χ2v) is 5.58. The molecule has 3 nitrogen and oxygen atoms in total. The first-order valence-corrected chi connectivity index (χ1v) is 7.42. The van der Waals surface area contributed by atoms with Crippen molar-refractivity contribution in [1.29, 1.82) is 0 Å². The van der Waals surface area contributed by atoms with Crippen molar-refractivity contribution in [3.8, 4) is 0 Å². The van der Waals surface area contributed by atoms with Crippen LogP contribution in [0.5, 0.6) is 0 Å². The van der Waals surface area contributed by atoms with Gasteiger partial charge in [0.05, 0.1) is 12.7 Å². The molecule has 1 atom stereocenters. The van der Waals surface area contributed by atoms with E-state index in [1.165, 1.54) is 22.3 Å². The van der Waals surface area contributed by atoms with Gasteiger partial charge in [-0.05, 0) is 44.9 Å². The van der Waals surface area contributed by atoms with Gasteiger partial charge in [0.1, 0.15) is 0 Å². The highest BCUT2D eigenvalue weighted by Gasteiger charge is 2.08. The van der Waals surface area contributed by atoms with Crippen molar-refractivity contribution >= 4 is 0 Å². The lowest BCUT2D eigenvalue weighted by atomic mass is 10.1. The van der Waals surface area contributed by atoms with E-state index in [1.54, 1.807) is 0 Å². The topological polar surface area (TPSA) is 29.9 Å². The fourth-order valence-corrected chi connectivity index (χ4v) is 2.31. The van der Waals surface area contributed by atoms with Gasteiger partial charge in [-0.15, -0.1) is 0 Å². The Morgan fingerprint density at radius 2 is 2.10 bits per heavy atom. The lowest BCUT2D eigenvalue weighted by molar-refractivity contribution is 0.569. The molecule has 2 rings (SSSR count). The molecule has 1 heterocycles. The van der Waals surface area contributed by atoms with E-state index in [1.807, 2.05) is 10.9 Å². The molecule has 1 N–H and O–H groups in total. The molecular formula is C17H25N3. The third-order valence-corrected chi connectivity index (χ3v) is 3.69. The SMILES string of the molecule is CCCNC(C)c1cnn(Cc2cc(C)ccc2C)c1. The van der Waals surface area contributed by atoms with Crippen LogP contribution in [0.2, 0.25) is 0 Å². The zero-order valence-corrected chi connectivity index (χ0v) is 13.0. The first kappa shape index (κ1) is 14.8. The molecule has 0 amide bonds. The Labute approximate surface area is 122 Å². The van der Waals surface area contributed by atoms with E-state index in [-0.39, 0.29) is 0 Å². The highest BCUT2D eigenvalue weighted by molar-refractivity contribution is 5.30.